The maximum absolute atomic E-state index is 13.1. The molecule has 2 aromatic carbocycles. The Bertz CT molecular complexity index is 584. The summed E-state index contributed by atoms with van der Waals surface area (Å²) in [5.74, 6) is 0.0146. The smallest absolute Gasteiger partial charge is 0.124 e. The van der Waals surface area contributed by atoms with E-state index >= 15 is 0 Å². The molecule has 0 atom stereocenters. The van der Waals surface area contributed by atoms with Crippen molar-refractivity contribution in [1.82, 2.24) is 0 Å². The van der Waals surface area contributed by atoms with Gasteiger partial charge < -0.3 is 4.74 Å². The van der Waals surface area contributed by atoms with Gasteiger partial charge in [-0.3, -0.25) is 0 Å². The van der Waals surface area contributed by atoms with Gasteiger partial charge in [-0.25, -0.2) is 8.78 Å². The minimum absolute atomic E-state index is 0.162. The molecule has 19 heavy (non-hydrogen) atoms. The molecular formula is C15H13ClF2O. The van der Waals surface area contributed by atoms with Gasteiger partial charge in [0.2, 0.25) is 0 Å². The molecule has 1 nitrogen and oxygen atoms in total. The summed E-state index contributed by atoms with van der Waals surface area (Å²) >= 11 is 5.74. The predicted molar refractivity (Wildman–Crippen MR) is 71.4 cm³/mol. The molecule has 4 heteroatoms. The Morgan fingerprint density at radius 3 is 2.32 bits per heavy atom. The van der Waals surface area contributed by atoms with Gasteiger partial charge in [0, 0.05) is 5.56 Å². The van der Waals surface area contributed by atoms with E-state index in [-0.39, 0.29) is 24.1 Å². The van der Waals surface area contributed by atoms with Gasteiger partial charge in [-0.1, -0.05) is 6.07 Å². The second-order valence-electron chi connectivity index (χ2n) is 4.25. The van der Waals surface area contributed by atoms with Crippen LogP contribution in [0.1, 0.15) is 16.7 Å². The molecule has 0 aromatic heterocycles. The van der Waals surface area contributed by atoms with Crippen molar-refractivity contribution >= 4 is 11.6 Å². The van der Waals surface area contributed by atoms with Crippen molar-refractivity contribution in [1.29, 1.82) is 0 Å². The van der Waals surface area contributed by atoms with Crippen LogP contribution in [0, 0.1) is 18.6 Å². The van der Waals surface area contributed by atoms with E-state index in [1.165, 1.54) is 30.3 Å². The maximum atomic E-state index is 13.1. The summed E-state index contributed by atoms with van der Waals surface area (Å²) in [6, 6.07) is 8.70. The van der Waals surface area contributed by atoms with E-state index in [2.05, 4.69) is 0 Å². The fourth-order valence-corrected chi connectivity index (χ4v) is 1.95. The summed E-state index contributed by atoms with van der Waals surface area (Å²) in [4.78, 5) is 0. The van der Waals surface area contributed by atoms with E-state index < -0.39 is 0 Å². The number of hydrogen-bond acceptors (Lipinski definition) is 1. The van der Waals surface area contributed by atoms with Crippen LogP contribution in [0.5, 0.6) is 5.75 Å². The maximum Gasteiger partial charge on any atom is 0.124 e. The molecule has 0 aliphatic carbocycles. The number of benzene rings is 2. The first-order chi connectivity index (χ1) is 9.10. The number of rotatable bonds is 4. The molecule has 0 N–H and O–H groups in total. The predicted octanol–water partition coefficient (Wildman–Crippen LogP) is 4.59. The number of hydrogen-bond donors (Lipinski definition) is 0. The summed E-state index contributed by atoms with van der Waals surface area (Å²) in [5.41, 5.74) is 2.27. The Morgan fingerprint density at radius 2 is 1.63 bits per heavy atom. The average Bonchev–Trinajstić information content (AvgIpc) is 2.40. The molecule has 0 fully saturated rings. The van der Waals surface area contributed by atoms with Crippen LogP contribution in [0.3, 0.4) is 0 Å². The fourth-order valence-electron chi connectivity index (χ4n) is 1.74. The summed E-state index contributed by atoms with van der Waals surface area (Å²) in [5, 5.41) is 0. The van der Waals surface area contributed by atoms with Gasteiger partial charge in [0.1, 0.15) is 24.0 Å². The topological polar surface area (TPSA) is 9.23 Å². The zero-order valence-electron chi connectivity index (χ0n) is 10.4. The second kappa shape index (κ2) is 6.02. The highest BCUT2D eigenvalue weighted by Gasteiger charge is 2.06. The quantitative estimate of drug-likeness (QED) is 0.745. The minimum Gasteiger partial charge on any atom is -0.489 e. The highest BCUT2D eigenvalue weighted by molar-refractivity contribution is 6.17. The Labute approximate surface area is 115 Å². The third-order valence-corrected chi connectivity index (χ3v) is 3.15. The van der Waals surface area contributed by atoms with Gasteiger partial charge >= 0.3 is 0 Å². The van der Waals surface area contributed by atoms with Gasteiger partial charge in [-0.05, 0) is 48.4 Å². The molecule has 0 spiro atoms. The van der Waals surface area contributed by atoms with Gasteiger partial charge in [-0.2, -0.15) is 0 Å². The Balaban J connectivity index is 2.16. The lowest BCUT2D eigenvalue weighted by atomic mass is 10.1. The average molecular weight is 283 g/mol. The zero-order chi connectivity index (χ0) is 13.8. The summed E-state index contributed by atoms with van der Waals surface area (Å²) in [6.45, 7) is 2.10. The van der Waals surface area contributed by atoms with Crippen LogP contribution in [0.2, 0.25) is 0 Å². The molecule has 100 valence electrons. The number of ether oxygens (including phenoxy) is 1. The van der Waals surface area contributed by atoms with Gasteiger partial charge in [0.05, 0.1) is 5.88 Å². The van der Waals surface area contributed by atoms with Crippen LogP contribution < -0.4 is 4.74 Å². The lowest BCUT2D eigenvalue weighted by Gasteiger charge is -2.11. The number of aryl methyl sites for hydroxylation is 1. The van der Waals surface area contributed by atoms with E-state index in [1.54, 1.807) is 6.07 Å². The van der Waals surface area contributed by atoms with Crippen LogP contribution >= 0.6 is 11.6 Å². The van der Waals surface area contributed by atoms with E-state index in [9.17, 15) is 8.78 Å². The van der Waals surface area contributed by atoms with Crippen molar-refractivity contribution in [2.75, 3.05) is 0 Å². The molecule has 2 rings (SSSR count). The molecular weight excluding hydrogens is 270 g/mol. The lowest BCUT2D eigenvalue weighted by Crippen LogP contribution is -2.01. The van der Waals surface area contributed by atoms with Crippen LogP contribution in [-0.4, -0.2) is 0 Å². The van der Waals surface area contributed by atoms with E-state index in [0.29, 0.717) is 11.3 Å². The highest BCUT2D eigenvalue weighted by atomic mass is 35.5. The summed E-state index contributed by atoms with van der Waals surface area (Å²) in [6.07, 6.45) is 0. The van der Waals surface area contributed by atoms with Crippen LogP contribution in [-0.2, 0) is 12.5 Å². The van der Waals surface area contributed by atoms with Crippen LogP contribution in [0.15, 0.2) is 36.4 Å². The molecule has 2 aromatic rings. The van der Waals surface area contributed by atoms with Crippen molar-refractivity contribution in [3.63, 3.8) is 0 Å². The molecule has 0 unspecified atom stereocenters. The number of halogens is 3. The summed E-state index contributed by atoms with van der Waals surface area (Å²) < 4.78 is 31.8. The molecule has 0 bridgehead atoms. The Kier molecular flexibility index (Phi) is 4.38. The molecule has 0 saturated heterocycles. The fraction of sp³-hybridized carbons (Fsp3) is 0.200. The van der Waals surface area contributed by atoms with Crippen molar-refractivity contribution in [2.24, 2.45) is 0 Å². The standard InChI is InChI=1S/C15H13ClF2O/c1-10-2-3-13(17)7-12(10)9-19-15-5-4-14(18)6-11(15)8-16/h2-7H,8-9H2,1H3. The third kappa shape index (κ3) is 3.44. The first-order valence-corrected chi connectivity index (χ1v) is 6.36. The normalized spacial score (nSPS) is 10.5. The van der Waals surface area contributed by atoms with Gasteiger partial charge in [-0.15, -0.1) is 11.6 Å². The van der Waals surface area contributed by atoms with Crippen molar-refractivity contribution < 1.29 is 13.5 Å². The zero-order valence-corrected chi connectivity index (χ0v) is 11.2. The largest absolute Gasteiger partial charge is 0.489 e. The van der Waals surface area contributed by atoms with Gasteiger partial charge in [0.15, 0.2) is 0 Å². The number of alkyl halides is 1. The van der Waals surface area contributed by atoms with Crippen molar-refractivity contribution in [2.45, 2.75) is 19.4 Å². The molecule has 0 amide bonds. The molecule has 0 aliphatic rings. The second-order valence-corrected chi connectivity index (χ2v) is 4.51. The van der Waals surface area contributed by atoms with Crippen LogP contribution in [0.25, 0.3) is 0 Å². The SMILES string of the molecule is Cc1ccc(F)cc1COc1ccc(F)cc1CCl. The molecule has 0 aliphatic heterocycles. The summed E-state index contributed by atoms with van der Waals surface area (Å²) in [7, 11) is 0. The first-order valence-electron chi connectivity index (χ1n) is 5.82. The molecule has 0 heterocycles. The Hall–Kier alpha value is -1.61. The van der Waals surface area contributed by atoms with Crippen LogP contribution in [0.4, 0.5) is 8.78 Å². The highest BCUT2D eigenvalue weighted by Crippen LogP contribution is 2.23. The molecule has 0 radical (unpaired) electrons. The van der Waals surface area contributed by atoms with Crippen molar-refractivity contribution in [3.05, 3.63) is 64.7 Å². The van der Waals surface area contributed by atoms with E-state index in [0.717, 1.165) is 11.1 Å². The Morgan fingerprint density at radius 1 is 1.00 bits per heavy atom. The third-order valence-electron chi connectivity index (χ3n) is 2.86. The lowest BCUT2D eigenvalue weighted by molar-refractivity contribution is 0.302. The first kappa shape index (κ1) is 13.8. The van der Waals surface area contributed by atoms with E-state index in [4.69, 9.17) is 16.3 Å². The minimum atomic E-state index is -0.357. The monoisotopic (exact) mass is 282 g/mol. The van der Waals surface area contributed by atoms with Gasteiger partial charge in [0.25, 0.3) is 0 Å². The van der Waals surface area contributed by atoms with E-state index in [1.807, 2.05) is 6.92 Å². The van der Waals surface area contributed by atoms with Crippen molar-refractivity contribution in [3.8, 4) is 5.75 Å². The molecule has 0 saturated carbocycles.